The van der Waals surface area contributed by atoms with E-state index >= 15 is 0 Å². The van der Waals surface area contributed by atoms with Gasteiger partial charge >= 0.3 is 0 Å². The highest BCUT2D eigenvalue weighted by Gasteiger charge is 2.13. The Morgan fingerprint density at radius 1 is 1.17 bits per heavy atom. The van der Waals surface area contributed by atoms with Crippen LogP contribution >= 0.6 is 0 Å². The molecule has 0 amide bonds. The van der Waals surface area contributed by atoms with Gasteiger partial charge in [0.15, 0.2) is 11.5 Å². The third kappa shape index (κ3) is 3.91. The van der Waals surface area contributed by atoms with Crippen LogP contribution < -0.4 is 15.2 Å². The van der Waals surface area contributed by atoms with E-state index in [1.54, 1.807) is 14.2 Å². The van der Waals surface area contributed by atoms with Crippen LogP contribution in [-0.2, 0) is 6.42 Å². The minimum absolute atomic E-state index is 0.197. The molecule has 0 aromatic heterocycles. The summed E-state index contributed by atoms with van der Waals surface area (Å²) >= 11 is 0. The maximum absolute atomic E-state index is 6.23. The van der Waals surface area contributed by atoms with Gasteiger partial charge in [0.1, 0.15) is 0 Å². The number of ether oxygens (including phenoxy) is 2. The zero-order valence-corrected chi connectivity index (χ0v) is 11.9. The van der Waals surface area contributed by atoms with Crippen molar-refractivity contribution in [3.63, 3.8) is 0 Å². The van der Waals surface area contributed by atoms with Gasteiger partial charge in [0.05, 0.1) is 14.2 Å². The predicted molar refractivity (Wildman–Crippen MR) is 75.3 cm³/mol. The SMILES string of the molecule is CCCC(C)C(N)Cc1ccc(OC)c(OC)c1. The number of hydrogen-bond acceptors (Lipinski definition) is 3. The maximum atomic E-state index is 6.23. The molecule has 0 saturated heterocycles. The summed E-state index contributed by atoms with van der Waals surface area (Å²) in [6.07, 6.45) is 3.23. The van der Waals surface area contributed by atoms with E-state index in [2.05, 4.69) is 19.9 Å². The molecule has 3 nitrogen and oxygen atoms in total. The van der Waals surface area contributed by atoms with Crippen molar-refractivity contribution in [3.8, 4) is 11.5 Å². The molecule has 0 aliphatic rings. The fourth-order valence-corrected chi connectivity index (χ4v) is 2.15. The summed E-state index contributed by atoms with van der Waals surface area (Å²) in [5.74, 6) is 2.07. The van der Waals surface area contributed by atoms with Gasteiger partial charge in [-0.2, -0.15) is 0 Å². The molecule has 1 aromatic rings. The molecule has 0 heterocycles. The van der Waals surface area contributed by atoms with Crippen LogP contribution in [0.5, 0.6) is 11.5 Å². The highest BCUT2D eigenvalue weighted by atomic mass is 16.5. The molecule has 18 heavy (non-hydrogen) atoms. The Bertz CT molecular complexity index is 366. The van der Waals surface area contributed by atoms with Crippen LogP contribution in [0.15, 0.2) is 18.2 Å². The largest absolute Gasteiger partial charge is 0.493 e. The topological polar surface area (TPSA) is 44.5 Å². The number of benzene rings is 1. The smallest absolute Gasteiger partial charge is 0.160 e. The third-order valence-electron chi connectivity index (χ3n) is 3.39. The summed E-state index contributed by atoms with van der Waals surface area (Å²) in [5, 5.41) is 0. The van der Waals surface area contributed by atoms with E-state index in [9.17, 15) is 0 Å². The van der Waals surface area contributed by atoms with Crippen LogP contribution in [0.4, 0.5) is 0 Å². The lowest BCUT2D eigenvalue weighted by molar-refractivity contribution is 0.354. The van der Waals surface area contributed by atoms with Crippen molar-refractivity contribution in [2.24, 2.45) is 11.7 Å². The summed E-state index contributed by atoms with van der Waals surface area (Å²) in [6, 6.07) is 6.20. The van der Waals surface area contributed by atoms with E-state index in [-0.39, 0.29) is 6.04 Å². The Balaban J connectivity index is 2.72. The molecule has 102 valence electrons. The molecule has 0 saturated carbocycles. The van der Waals surface area contributed by atoms with Crippen LogP contribution in [0.3, 0.4) is 0 Å². The van der Waals surface area contributed by atoms with E-state index < -0.39 is 0 Å². The van der Waals surface area contributed by atoms with E-state index in [1.807, 2.05) is 12.1 Å². The average Bonchev–Trinajstić information content (AvgIpc) is 2.38. The lowest BCUT2D eigenvalue weighted by Crippen LogP contribution is -2.30. The van der Waals surface area contributed by atoms with Crippen molar-refractivity contribution in [1.82, 2.24) is 0 Å². The highest BCUT2D eigenvalue weighted by molar-refractivity contribution is 5.43. The minimum Gasteiger partial charge on any atom is -0.493 e. The molecule has 3 heteroatoms. The first kappa shape index (κ1) is 14.8. The Hall–Kier alpha value is -1.22. The molecule has 0 fully saturated rings. The lowest BCUT2D eigenvalue weighted by Gasteiger charge is -2.20. The Kier molecular flexibility index (Phi) is 5.99. The van der Waals surface area contributed by atoms with Gasteiger partial charge in [-0.3, -0.25) is 0 Å². The van der Waals surface area contributed by atoms with Crippen molar-refractivity contribution in [1.29, 1.82) is 0 Å². The normalized spacial score (nSPS) is 14.1. The zero-order valence-electron chi connectivity index (χ0n) is 11.9. The van der Waals surface area contributed by atoms with Crippen LogP contribution in [-0.4, -0.2) is 20.3 Å². The first-order valence-electron chi connectivity index (χ1n) is 6.58. The molecule has 0 bridgehead atoms. The second-order valence-electron chi connectivity index (χ2n) is 4.82. The van der Waals surface area contributed by atoms with Gasteiger partial charge in [-0.25, -0.2) is 0 Å². The molecule has 0 spiro atoms. The summed E-state index contributed by atoms with van der Waals surface area (Å²) in [5.41, 5.74) is 7.42. The van der Waals surface area contributed by atoms with Gasteiger partial charge in [-0.05, 0) is 36.5 Å². The second-order valence-corrected chi connectivity index (χ2v) is 4.82. The Labute approximate surface area is 110 Å². The summed E-state index contributed by atoms with van der Waals surface area (Å²) < 4.78 is 10.5. The van der Waals surface area contributed by atoms with Gasteiger partial charge in [0, 0.05) is 6.04 Å². The number of nitrogens with two attached hydrogens (primary N) is 1. The van der Waals surface area contributed by atoms with Crippen molar-refractivity contribution >= 4 is 0 Å². The number of methoxy groups -OCH3 is 2. The van der Waals surface area contributed by atoms with Gasteiger partial charge in [0.25, 0.3) is 0 Å². The molecule has 0 radical (unpaired) electrons. The molecular weight excluding hydrogens is 226 g/mol. The quantitative estimate of drug-likeness (QED) is 0.810. The van der Waals surface area contributed by atoms with E-state index in [1.165, 1.54) is 18.4 Å². The molecular formula is C15H25NO2. The van der Waals surface area contributed by atoms with Gasteiger partial charge in [-0.1, -0.05) is 26.3 Å². The highest BCUT2D eigenvalue weighted by Crippen LogP contribution is 2.28. The van der Waals surface area contributed by atoms with Crippen molar-refractivity contribution in [2.75, 3.05) is 14.2 Å². The van der Waals surface area contributed by atoms with Gasteiger partial charge < -0.3 is 15.2 Å². The molecule has 0 aliphatic heterocycles. The molecule has 2 unspecified atom stereocenters. The fraction of sp³-hybridized carbons (Fsp3) is 0.600. The third-order valence-corrected chi connectivity index (χ3v) is 3.39. The maximum Gasteiger partial charge on any atom is 0.160 e. The minimum atomic E-state index is 0.197. The molecule has 2 atom stereocenters. The van der Waals surface area contributed by atoms with E-state index in [0.29, 0.717) is 5.92 Å². The molecule has 1 rings (SSSR count). The molecule has 0 aliphatic carbocycles. The molecule has 1 aromatic carbocycles. The van der Waals surface area contributed by atoms with Crippen molar-refractivity contribution in [2.45, 2.75) is 39.2 Å². The standard InChI is InChI=1S/C15H25NO2/c1-5-6-11(2)13(16)9-12-7-8-14(17-3)15(10-12)18-4/h7-8,10-11,13H,5-6,9,16H2,1-4H3. The zero-order chi connectivity index (χ0) is 13.5. The Morgan fingerprint density at radius 3 is 2.39 bits per heavy atom. The van der Waals surface area contributed by atoms with Gasteiger partial charge in [-0.15, -0.1) is 0 Å². The predicted octanol–water partition coefficient (Wildman–Crippen LogP) is 3.01. The van der Waals surface area contributed by atoms with Crippen molar-refractivity contribution < 1.29 is 9.47 Å². The molecule has 2 N–H and O–H groups in total. The first-order chi connectivity index (χ1) is 8.62. The van der Waals surface area contributed by atoms with Crippen LogP contribution in [0.25, 0.3) is 0 Å². The first-order valence-corrected chi connectivity index (χ1v) is 6.58. The van der Waals surface area contributed by atoms with Gasteiger partial charge in [0.2, 0.25) is 0 Å². The summed E-state index contributed by atoms with van der Waals surface area (Å²) in [6.45, 7) is 4.41. The van der Waals surface area contributed by atoms with Crippen LogP contribution in [0.1, 0.15) is 32.3 Å². The van der Waals surface area contributed by atoms with E-state index in [4.69, 9.17) is 15.2 Å². The lowest BCUT2D eigenvalue weighted by atomic mass is 9.92. The fourth-order valence-electron chi connectivity index (χ4n) is 2.15. The number of hydrogen-bond donors (Lipinski definition) is 1. The summed E-state index contributed by atoms with van der Waals surface area (Å²) in [4.78, 5) is 0. The van der Waals surface area contributed by atoms with E-state index in [0.717, 1.165) is 17.9 Å². The number of rotatable bonds is 7. The monoisotopic (exact) mass is 251 g/mol. The van der Waals surface area contributed by atoms with Crippen LogP contribution in [0.2, 0.25) is 0 Å². The average molecular weight is 251 g/mol. The Morgan fingerprint density at radius 2 is 1.83 bits per heavy atom. The van der Waals surface area contributed by atoms with Crippen LogP contribution in [0, 0.1) is 5.92 Å². The second kappa shape index (κ2) is 7.27. The van der Waals surface area contributed by atoms with Crippen molar-refractivity contribution in [3.05, 3.63) is 23.8 Å². The summed E-state index contributed by atoms with van der Waals surface area (Å²) in [7, 11) is 3.30.